The third kappa shape index (κ3) is 4.16. The Balaban J connectivity index is 1.94. The monoisotopic (exact) mass is 312 g/mol. The molecule has 1 N–H and O–H groups in total. The molecule has 0 aromatic heterocycles. The number of amides is 2. The second-order valence-corrected chi connectivity index (χ2v) is 5.51. The van der Waals surface area contributed by atoms with Gasteiger partial charge in [-0.15, -0.1) is 0 Å². The number of carbonyl (C=O) groups is 1. The fraction of sp³-hybridized carbons (Fsp3) is 0.562. The molecule has 1 aliphatic rings. The van der Waals surface area contributed by atoms with Crippen molar-refractivity contribution in [3.05, 3.63) is 35.4 Å². The van der Waals surface area contributed by atoms with Crippen LogP contribution in [0.1, 0.15) is 38.3 Å². The average Bonchev–Trinajstić information content (AvgIpc) is 2.50. The molecule has 6 heteroatoms. The van der Waals surface area contributed by atoms with Gasteiger partial charge in [-0.3, -0.25) is 0 Å². The van der Waals surface area contributed by atoms with E-state index in [-0.39, 0.29) is 12.1 Å². The van der Waals surface area contributed by atoms with E-state index in [1.54, 1.807) is 11.8 Å². The molecule has 2 atom stereocenters. The molecule has 1 aromatic carbocycles. The van der Waals surface area contributed by atoms with Gasteiger partial charge in [-0.2, -0.15) is 0 Å². The zero-order valence-corrected chi connectivity index (χ0v) is 12.9. The Bertz CT molecular complexity index is 523. The van der Waals surface area contributed by atoms with Gasteiger partial charge >= 0.3 is 6.03 Å². The smallest absolute Gasteiger partial charge is 0.317 e. The summed E-state index contributed by atoms with van der Waals surface area (Å²) in [4.78, 5) is 14.0. The SMILES string of the molecule is CCO[C@H]1CCCN(C(=O)N[C@H](C)c2ccc(F)c(F)c2)C1. The number of hydrogen-bond acceptors (Lipinski definition) is 2. The fourth-order valence-corrected chi connectivity index (χ4v) is 2.64. The Labute approximate surface area is 129 Å². The number of ether oxygens (including phenoxy) is 1. The Morgan fingerprint density at radius 2 is 2.23 bits per heavy atom. The van der Waals surface area contributed by atoms with Crippen LogP contribution in [-0.2, 0) is 4.74 Å². The number of likely N-dealkylation sites (tertiary alicyclic amines) is 1. The molecule has 1 aliphatic heterocycles. The summed E-state index contributed by atoms with van der Waals surface area (Å²) in [6.07, 6.45) is 1.93. The van der Waals surface area contributed by atoms with E-state index in [0.717, 1.165) is 25.0 Å². The molecule has 0 bridgehead atoms. The van der Waals surface area contributed by atoms with E-state index < -0.39 is 17.7 Å². The summed E-state index contributed by atoms with van der Waals surface area (Å²) in [6.45, 7) is 5.55. The quantitative estimate of drug-likeness (QED) is 0.927. The van der Waals surface area contributed by atoms with Gasteiger partial charge in [-0.1, -0.05) is 6.07 Å². The van der Waals surface area contributed by atoms with Crippen molar-refractivity contribution in [2.45, 2.75) is 38.8 Å². The lowest BCUT2D eigenvalue weighted by Crippen LogP contribution is -2.48. The van der Waals surface area contributed by atoms with Gasteiger partial charge in [0.2, 0.25) is 0 Å². The number of rotatable bonds is 4. The Morgan fingerprint density at radius 1 is 1.45 bits per heavy atom. The highest BCUT2D eigenvalue weighted by Gasteiger charge is 2.25. The molecule has 1 fully saturated rings. The first-order chi connectivity index (χ1) is 10.5. The van der Waals surface area contributed by atoms with Crippen LogP contribution in [0.25, 0.3) is 0 Å². The molecule has 1 heterocycles. The van der Waals surface area contributed by atoms with Crippen molar-refractivity contribution < 1.29 is 18.3 Å². The molecule has 122 valence electrons. The van der Waals surface area contributed by atoms with E-state index in [4.69, 9.17) is 4.74 Å². The van der Waals surface area contributed by atoms with Crippen LogP contribution < -0.4 is 5.32 Å². The Morgan fingerprint density at radius 3 is 2.91 bits per heavy atom. The van der Waals surface area contributed by atoms with Gasteiger partial charge in [0.25, 0.3) is 0 Å². The number of piperidine rings is 1. The highest BCUT2D eigenvalue weighted by Crippen LogP contribution is 2.18. The van der Waals surface area contributed by atoms with Crippen LogP contribution >= 0.6 is 0 Å². The van der Waals surface area contributed by atoms with Gasteiger partial charge in [0.05, 0.1) is 12.1 Å². The van der Waals surface area contributed by atoms with Gasteiger partial charge in [-0.25, -0.2) is 13.6 Å². The van der Waals surface area contributed by atoms with Gasteiger partial charge in [0.15, 0.2) is 11.6 Å². The summed E-state index contributed by atoms with van der Waals surface area (Å²) in [5, 5.41) is 2.82. The molecule has 0 unspecified atom stereocenters. The minimum atomic E-state index is -0.909. The van der Waals surface area contributed by atoms with Crippen molar-refractivity contribution in [2.75, 3.05) is 19.7 Å². The van der Waals surface area contributed by atoms with E-state index >= 15 is 0 Å². The first kappa shape index (κ1) is 16.7. The van der Waals surface area contributed by atoms with Crippen molar-refractivity contribution in [1.29, 1.82) is 0 Å². The van der Waals surface area contributed by atoms with Crippen LogP contribution in [0, 0.1) is 11.6 Å². The lowest BCUT2D eigenvalue weighted by molar-refractivity contribution is 0.0162. The van der Waals surface area contributed by atoms with E-state index in [1.807, 2.05) is 6.92 Å². The molecular formula is C16H22F2N2O2. The Kier molecular flexibility index (Phi) is 5.71. The molecule has 1 saturated heterocycles. The van der Waals surface area contributed by atoms with E-state index in [9.17, 15) is 13.6 Å². The molecule has 0 radical (unpaired) electrons. The third-order valence-corrected chi connectivity index (χ3v) is 3.85. The first-order valence-corrected chi connectivity index (χ1v) is 7.63. The number of nitrogens with one attached hydrogen (secondary N) is 1. The van der Waals surface area contributed by atoms with Crippen molar-refractivity contribution >= 4 is 6.03 Å². The van der Waals surface area contributed by atoms with Crippen LogP contribution in [0.3, 0.4) is 0 Å². The molecule has 0 aliphatic carbocycles. The fourth-order valence-electron chi connectivity index (χ4n) is 2.64. The highest BCUT2D eigenvalue weighted by molar-refractivity contribution is 5.74. The zero-order valence-electron chi connectivity index (χ0n) is 12.9. The van der Waals surface area contributed by atoms with E-state index in [2.05, 4.69) is 5.32 Å². The van der Waals surface area contributed by atoms with Gasteiger partial charge in [-0.05, 0) is 44.4 Å². The summed E-state index contributed by atoms with van der Waals surface area (Å²) < 4.78 is 31.8. The predicted molar refractivity (Wildman–Crippen MR) is 79.5 cm³/mol. The molecule has 2 rings (SSSR count). The van der Waals surface area contributed by atoms with Gasteiger partial charge in [0.1, 0.15) is 0 Å². The average molecular weight is 312 g/mol. The second-order valence-electron chi connectivity index (χ2n) is 5.51. The lowest BCUT2D eigenvalue weighted by atomic mass is 10.1. The number of halogens is 2. The molecular weight excluding hydrogens is 290 g/mol. The molecule has 2 amide bonds. The summed E-state index contributed by atoms with van der Waals surface area (Å²) in [6, 6.07) is 3.05. The van der Waals surface area contributed by atoms with Crippen LogP contribution in [0.4, 0.5) is 13.6 Å². The summed E-state index contributed by atoms with van der Waals surface area (Å²) in [5.74, 6) is -1.80. The summed E-state index contributed by atoms with van der Waals surface area (Å²) in [5.41, 5.74) is 0.533. The third-order valence-electron chi connectivity index (χ3n) is 3.85. The normalized spacial score (nSPS) is 19.8. The minimum Gasteiger partial charge on any atom is -0.377 e. The first-order valence-electron chi connectivity index (χ1n) is 7.63. The number of carbonyl (C=O) groups excluding carboxylic acids is 1. The maximum atomic E-state index is 13.3. The van der Waals surface area contributed by atoms with Crippen LogP contribution in [0.5, 0.6) is 0 Å². The van der Waals surface area contributed by atoms with Crippen molar-refractivity contribution in [2.24, 2.45) is 0 Å². The predicted octanol–water partition coefficient (Wildman–Crippen LogP) is 3.24. The van der Waals surface area contributed by atoms with Gasteiger partial charge in [0, 0.05) is 19.7 Å². The van der Waals surface area contributed by atoms with Crippen LogP contribution in [0.15, 0.2) is 18.2 Å². The van der Waals surface area contributed by atoms with Crippen molar-refractivity contribution in [3.63, 3.8) is 0 Å². The number of hydrogen-bond donors (Lipinski definition) is 1. The lowest BCUT2D eigenvalue weighted by Gasteiger charge is -2.33. The molecule has 22 heavy (non-hydrogen) atoms. The highest BCUT2D eigenvalue weighted by atomic mass is 19.2. The number of nitrogens with zero attached hydrogens (tertiary/aromatic N) is 1. The van der Waals surface area contributed by atoms with Crippen molar-refractivity contribution in [1.82, 2.24) is 10.2 Å². The van der Waals surface area contributed by atoms with E-state index in [1.165, 1.54) is 6.07 Å². The molecule has 0 spiro atoms. The second kappa shape index (κ2) is 7.54. The maximum absolute atomic E-state index is 13.3. The minimum absolute atomic E-state index is 0.0723. The van der Waals surface area contributed by atoms with Crippen LogP contribution in [-0.4, -0.2) is 36.7 Å². The van der Waals surface area contributed by atoms with Crippen LogP contribution in [0.2, 0.25) is 0 Å². The number of benzene rings is 1. The van der Waals surface area contributed by atoms with Gasteiger partial charge < -0.3 is 15.0 Å². The number of urea groups is 1. The van der Waals surface area contributed by atoms with E-state index in [0.29, 0.717) is 25.3 Å². The van der Waals surface area contributed by atoms with Crippen molar-refractivity contribution in [3.8, 4) is 0 Å². The summed E-state index contributed by atoms with van der Waals surface area (Å²) >= 11 is 0. The topological polar surface area (TPSA) is 41.6 Å². The molecule has 0 saturated carbocycles. The summed E-state index contributed by atoms with van der Waals surface area (Å²) in [7, 11) is 0. The largest absolute Gasteiger partial charge is 0.377 e. The Hall–Kier alpha value is -1.69. The maximum Gasteiger partial charge on any atom is 0.317 e. The molecule has 1 aromatic rings. The molecule has 4 nitrogen and oxygen atoms in total. The standard InChI is InChI=1S/C16H22F2N2O2/c1-3-22-13-5-4-8-20(10-13)16(21)19-11(2)12-6-7-14(17)15(18)9-12/h6-7,9,11,13H,3-5,8,10H2,1-2H3,(H,19,21)/t11-,13+/m1/s1. The zero-order chi connectivity index (χ0) is 16.1.